The molecule has 3 aliphatic rings. The van der Waals surface area contributed by atoms with Crippen LogP contribution in [0.2, 0.25) is 0 Å². The van der Waals surface area contributed by atoms with Crippen molar-refractivity contribution in [3.8, 4) is 0 Å². The minimum absolute atomic E-state index is 0.0696. The number of anilines is 1. The number of β-lactam (4-membered cyclic amide) rings is 1. The predicted octanol–water partition coefficient (Wildman–Crippen LogP) is 3.10. The second-order valence-electron chi connectivity index (χ2n) is 10.2. The molecule has 14 nitrogen and oxygen atoms in total. The van der Waals surface area contributed by atoms with Gasteiger partial charge in [0, 0.05) is 51.4 Å². The van der Waals surface area contributed by atoms with E-state index in [1.807, 2.05) is 6.07 Å². The first-order chi connectivity index (χ1) is 22.8. The predicted molar refractivity (Wildman–Crippen MR) is 175 cm³/mol. The van der Waals surface area contributed by atoms with Gasteiger partial charge in [0.25, 0.3) is 11.8 Å². The number of thiazole rings is 1. The highest BCUT2D eigenvalue weighted by Crippen LogP contribution is 2.46. The number of carbonyl (C=O) groups excluding carboxylic acids is 2. The molecular formula is C27H30F3N7O7S4. The maximum Gasteiger partial charge on any atom is 0.490 e. The van der Waals surface area contributed by atoms with Gasteiger partial charge in [0.05, 0.1) is 0 Å². The summed E-state index contributed by atoms with van der Waals surface area (Å²) in [6, 6.07) is 0.914. The zero-order chi connectivity index (χ0) is 35.0. The number of aromatic nitrogens is 2. The van der Waals surface area contributed by atoms with Gasteiger partial charge in [-0.1, -0.05) is 16.9 Å². The minimum Gasteiger partial charge on any atom is -0.477 e. The quantitative estimate of drug-likeness (QED) is 0.0911. The largest absolute Gasteiger partial charge is 0.490 e. The van der Waals surface area contributed by atoms with Gasteiger partial charge in [-0.25, -0.2) is 14.6 Å². The molecule has 5 rings (SSSR count). The lowest BCUT2D eigenvalue weighted by molar-refractivity contribution is -0.192. The SMILES string of the molecule is NCCSCc1cnccc1SC1=C(C(=O)O)N2C(=O)[C@@H](NC(=O)/C(=N\OC3CCCC3)c3csc(N)n3)[C@H]2SC1.O=C(O)C(F)(F)F. The van der Waals surface area contributed by atoms with Crippen molar-refractivity contribution in [1.29, 1.82) is 0 Å². The van der Waals surface area contributed by atoms with Crippen LogP contribution in [0.15, 0.2) is 44.5 Å². The lowest BCUT2D eigenvalue weighted by atomic mass is 10.0. The number of fused-ring (bicyclic) bond motifs is 1. The average molecular weight is 750 g/mol. The van der Waals surface area contributed by atoms with E-state index < -0.39 is 41.3 Å². The molecule has 2 atom stereocenters. The normalized spacial score (nSPS) is 19.6. The second kappa shape index (κ2) is 16.7. The van der Waals surface area contributed by atoms with Crippen molar-refractivity contribution in [2.24, 2.45) is 10.9 Å². The van der Waals surface area contributed by atoms with Crippen LogP contribution in [0.1, 0.15) is 36.9 Å². The van der Waals surface area contributed by atoms with Gasteiger partial charge >= 0.3 is 18.1 Å². The fraction of sp³-hybridized carbons (Fsp3) is 0.444. The summed E-state index contributed by atoms with van der Waals surface area (Å²) >= 11 is 5.55. The molecule has 0 aromatic carbocycles. The summed E-state index contributed by atoms with van der Waals surface area (Å²) in [6.07, 6.45) is 2.03. The summed E-state index contributed by atoms with van der Waals surface area (Å²) in [5.74, 6) is -3.25. The van der Waals surface area contributed by atoms with Crippen molar-refractivity contribution in [1.82, 2.24) is 20.2 Å². The van der Waals surface area contributed by atoms with E-state index in [4.69, 9.17) is 26.2 Å². The highest BCUT2D eigenvalue weighted by Gasteiger charge is 2.54. The van der Waals surface area contributed by atoms with E-state index in [0.717, 1.165) is 53.2 Å². The molecule has 2 aliphatic heterocycles. The number of nitrogens with zero attached hydrogens (tertiary/aromatic N) is 4. The maximum atomic E-state index is 13.3. The van der Waals surface area contributed by atoms with E-state index in [2.05, 4.69) is 20.4 Å². The van der Waals surface area contributed by atoms with Crippen molar-refractivity contribution in [2.75, 3.05) is 23.8 Å². The van der Waals surface area contributed by atoms with E-state index in [1.54, 1.807) is 29.5 Å². The Labute approximate surface area is 288 Å². The van der Waals surface area contributed by atoms with E-state index in [1.165, 1.54) is 28.4 Å². The first-order valence-corrected chi connectivity index (χ1v) is 18.1. The number of alkyl halides is 3. The highest BCUT2D eigenvalue weighted by atomic mass is 32.2. The second-order valence-corrected chi connectivity index (χ2v) is 14.4. The van der Waals surface area contributed by atoms with Crippen molar-refractivity contribution in [3.63, 3.8) is 0 Å². The van der Waals surface area contributed by atoms with Gasteiger partial charge in [-0.15, -0.1) is 23.1 Å². The molecule has 0 unspecified atom stereocenters. The number of carboxylic acids is 2. The number of aliphatic carboxylic acids is 2. The molecule has 0 spiro atoms. The van der Waals surface area contributed by atoms with Crippen LogP contribution in [0, 0.1) is 0 Å². The van der Waals surface area contributed by atoms with Crippen LogP contribution in [0.5, 0.6) is 0 Å². The summed E-state index contributed by atoms with van der Waals surface area (Å²) in [7, 11) is 0. The molecule has 0 radical (unpaired) electrons. The smallest absolute Gasteiger partial charge is 0.477 e. The van der Waals surface area contributed by atoms with Crippen LogP contribution < -0.4 is 16.8 Å². The van der Waals surface area contributed by atoms with Crippen LogP contribution in [-0.4, -0.2) is 96.3 Å². The third-order valence-corrected chi connectivity index (χ3v) is 11.2. The van der Waals surface area contributed by atoms with Crippen LogP contribution in [-0.2, 0) is 29.8 Å². The molecule has 1 saturated heterocycles. The number of halogens is 3. The monoisotopic (exact) mass is 749 g/mol. The van der Waals surface area contributed by atoms with Crippen LogP contribution in [0.3, 0.4) is 0 Å². The molecule has 2 amide bonds. The van der Waals surface area contributed by atoms with Crippen molar-refractivity contribution in [2.45, 2.75) is 60.0 Å². The number of hydrogen-bond donors (Lipinski definition) is 5. The Balaban J connectivity index is 0.000000671. The maximum absolute atomic E-state index is 13.3. The van der Waals surface area contributed by atoms with Gasteiger partial charge < -0.3 is 31.8 Å². The number of carbonyl (C=O) groups is 4. The van der Waals surface area contributed by atoms with Gasteiger partial charge in [0.2, 0.25) is 0 Å². The van der Waals surface area contributed by atoms with Crippen LogP contribution in [0.4, 0.5) is 18.3 Å². The fourth-order valence-corrected chi connectivity index (χ4v) is 8.59. The van der Waals surface area contributed by atoms with Crippen LogP contribution in [0.25, 0.3) is 0 Å². The minimum atomic E-state index is -5.08. The zero-order valence-corrected chi connectivity index (χ0v) is 28.1. The summed E-state index contributed by atoms with van der Waals surface area (Å²) in [5, 5.41) is 25.4. The number of nitrogen functional groups attached to an aromatic ring is 1. The van der Waals surface area contributed by atoms with Crippen molar-refractivity contribution < 1.29 is 47.4 Å². The lowest BCUT2D eigenvalue weighted by Crippen LogP contribution is -2.71. The molecule has 0 bridgehead atoms. The molecule has 7 N–H and O–H groups in total. The average Bonchev–Trinajstić information content (AvgIpc) is 3.72. The number of oxime groups is 1. The Morgan fingerprint density at radius 2 is 1.94 bits per heavy atom. The number of rotatable bonds is 12. The van der Waals surface area contributed by atoms with E-state index in [-0.39, 0.29) is 28.3 Å². The highest BCUT2D eigenvalue weighted by molar-refractivity contribution is 8.06. The fourth-order valence-electron chi connectivity index (χ4n) is 4.62. The van der Waals surface area contributed by atoms with Crippen molar-refractivity contribution in [3.05, 3.63) is 45.7 Å². The molecule has 2 aromatic rings. The molecular weight excluding hydrogens is 720 g/mol. The number of hydrogen-bond acceptors (Lipinski definition) is 14. The Morgan fingerprint density at radius 1 is 1.23 bits per heavy atom. The van der Waals surface area contributed by atoms with Gasteiger partial charge in [0.15, 0.2) is 10.8 Å². The zero-order valence-electron chi connectivity index (χ0n) is 24.8. The number of thioether (sulfide) groups is 3. The van der Waals surface area contributed by atoms with E-state index in [9.17, 15) is 32.7 Å². The summed E-state index contributed by atoms with van der Waals surface area (Å²) in [5.41, 5.74) is 12.5. The Morgan fingerprint density at radius 3 is 2.54 bits per heavy atom. The third kappa shape index (κ3) is 9.33. The molecule has 2 aromatic heterocycles. The molecule has 48 heavy (non-hydrogen) atoms. The van der Waals surface area contributed by atoms with E-state index in [0.29, 0.717) is 23.0 Å². The number of nitrogens with one attached hydrogen (secondary N) is 1. The van der Waals surface area contributed by atoms with Crippen LogP contribution >= 0.6 is 46.6 Å². The molecule has 260 valence electrons. The van der Waals surface area contributed by atoms with Gasteiger partial charge in [0.1, 0.15) is 28.9 Å². The van der Waals surface area contributed by atoms with Crippen molar-refractivity contribution >= 4 is 81.2 Å². The Hall–Kier alpha value is -3.53. The molecule has 21 heteroatoms. The van der Waals surface area contributed by atoms with Gasteiger partial charge in [-0.05, 0) is 37.3 Å². The topological polar surface area (TPSA) is 223 Å². The van der Waals surface area contributed by atoms with Gasteiger partial charge in [-0.2, -0.15) is 24.9 Å². The number of pyridine rings is 1. The summed E-state index contributed by atoms with van der Waals surface area (Å²) in [4.78, 5) is 64.5. The third-order valence-electron chi connectivity index (χ3n) is 6.85. The summed E-state index contributed by atoms with van der Waals surface area (Å²) < 4.78 is 31.7. The van der Waals surface area contributed by atoms with Gasteiger partial charge in [-0.3, -0.25) is 19.5 Å². The molecule has 1 aliphatic carbocycles. The Bertz CT molecular complexity index is 1580. The number of amides is 2. The molecule has 2 fully saturated rings. The first kappa shape index (κ1) is 37.3. The number of nitrogens with two attached hydrogens (primary N) is 2. The Kier molecular flexibility index (Phi) is 13.0. The molecule has 1 saturated carbocycles. The standard InChI is InChI=1S/C25H29N7O5S4.C2HF3O2/c26-6-8-38-10-13-9-28-7-5-16(13)41-17-12-39-23-19(22(34)32(23)20(17)24(35)36)30-21(33)18(15-11-40-25(27)29-15)31-37-14-3-1-2-4-14;3-2(4,5)1(6)7/h5,7,9,11,14,19,23H,1-4,6,8,10,12,26H2,(H2,27,29)(H,30,33)(H,35,36);(H,6,7)/b31-18-;/t19-,23-;/m1./s1. The lowest BCUT2D eigenvalue weighted by Gasteiger charge is -2.49. The molecule has 4 heterocycles. The summed E-state index contributed by atoms with van der Waals surface area (Å²) in [6.45, 7) is 0.563. The first-order valence-electron chi connectivity index (χ1n) is 14.2. The van der Waals surface area contributed by atoms with E-state index >= 15 is 0 Å². The number of carboxylic acid groups (broad SMARTS) is 2.